The van der Waals surface area contributed by atoms with Crippen LogP contribution in [-0.2, 0) is 12.2 Å². The van der Waals surface area contributed by atoms with Gasteiger partial charge in [-0.05, 0) is 19.4 Å². The van der Waals surface area contributed by atoms with E-state index >= 15 is 0 Å². The Hall–Kier alpha value is -1.96. The minimum absolute atomic E-state index is 0. The number of rotatable bonds is 8. The van der Waals surface area contributed by atoms with Crippen molar-refractivity contribution >= 4 is 42.5 Å². The van der Waals surface area contributed by atoms with E-state index in [4.69, 9.17) is 0 Å². The summed E-state index contributed by atoms with van der Waals surface area (Å²) in [5.74, 6) is 2.29. The summed E-state index contributed by atoms with van der Waals surface area (Å²) in [6.45, 7) is 4.80. The molecule has 0 fully saturated rings. The number of aromatic amines is 2. The van der Waals surface area contributed by atoms with Gasteiger partial charge in [-0.25, -0.2) is 9.97 Å². The van der Waals surface area contributed by atoms with Crippen LogP contribution in [0.5, 0.6) is 0 Å². The lowest BCUT2D eigenvalue weighted by molar-refractivity contribution is 1.01. The third-order valence-corrected chi connectivity index (χ3v) is 5.03. The highest BCUT2D eigenvalue weighted by molar-refractivity contribution is 7.98. The summed E-state index contributed by atoms with van der Waals surface area (Å²) in [7, 11) is 0. The molecule has 6 nitrogen and oxygen atoms in total. The number of anilines is 1. The van der Waals surface area contributed by atoms with Crippen molar-refractivity contribution in [1.82, 2.24) is 19.9 Å². The zero-order valence-corrected chi connectivity index (χ0v) is 18.3. The van der Waals surface area contributed by atoms with E-state index in [1.807, 2.05) is 32.0 Å². The molecular formula is C19H25Cl2N5OS. The standard InChI is InChI=1S/C19H23N5OS.2ClH/c1-13-4-3-5-15(8-13)9-16-10-21-19(24-18(16)25)20-6-7-26-11-17-14(2)22-12-23-17;;/h3-5,8,10,12H,6-7,9,11H2,1-2H3,(H,22,23)(H2,20,21,24,25);2*1H. The van der Waals surface area contributed by atoms with Crippen LogP contribution in [0.4, 0.5) is 5.95 Å². The molecule has 0 aliphatic rings. The van der Waals surface area contributed by atoms with Gasteiger partial charge >= 0.3 is 0 Å². The van der Waals surface area contributed by atoms with Gasteiger partial charge in [0.25, 0.3) is 5.56 Å². The SMILES string of the molecule is Cc1cccc(Cc2cnc(NCCSCc3nc[nH]c3C)[nH]c2=O)c1.Cl.Cl. The van der Waals surface area contributed by atoms with Crippen molar-refractivity contribution < 1.29 is 0 Å². The van der Waals surface area contributed by atoms with Gasteiger partial charge in [0.2, 0.25) is 5.95 Å². The van der Waals surface area contributed by atoms with Gasteiger partial charge < -0.3 is 10.3 Å². The summed E-state index contributed by atoms with van der Waals surface area (Å²) in [4.78, 5) is 26.8. The number of nitrogens with zero attached hydrogens (tertiary/aromatic N) is 2. The van der Waals surface area contributed by atoms with Crippen molar-refractivity contribution in [2.45, 2.75) is 26.0 Å². The highest BCUT2D eigenvalue weighted by atomic mass is 35.5. The van der Waals surface area contributed by atoms with Crippen LogP contribution in [-0.4, -0.2) is 32.2 Å². The summed E-state index contributed by atoms with van der Waals surface area (Å²) < 4.78 is 0. The zero-order valence-electron chi connectivity index (χ0n) is 15.8. The van der Waals surface area contributed by atoms with Gasteiger partial charge in [0, 0.05) is 41.9 Å². The molecule has 28 heavy (non-hydrogen) atoms. The van der Waals surface area contributed by atoms with E-state index in [0.717, 1.165) is 35.0 Å². The average molecular weight is 442 g/mol. The van der Waals surface area contributed by atoms with Crippen molar-refractivity contribution in [3.63, 3.8) is 0 Å². The van der Waals surface area contributed by atoms with Crippen molar-refractivity contribution in [3.8, 4) is 0 Å². The predicted octanol–water partition coefficient (Wildman–Crippen LogP) is 3.89. The number of thioether (sulfide) groups is 1. The second-order valence-electron chi connectivity index (χ2n) is 6.21. The van der Waals surface area contributed by atoms with Crippen LogP contribution in [0.15, 0.2) is 41.6 Å². The second-order valence-corrected chi connectivity index (χ2v) is 7.31. The van der Waals surface area contributed by atoms with Crippen LogP contribution in [0, 0.1) is 13.8 Å². The van der Waals surface area contributed by atoms with Crippen LogP contribution >= 0.6 is 36.6 Å². The lowest BCUT2D eigenvalue weighted by Gasteiger charge is -2.07. The van der Waals surface area contributed by atoms with Crippen LogP contribution in [0.2, 0.25) is 0 Å². The highest BCUT2D eigenvalue weighted by Gasteiger charge is 2.05. The average Bonchev–Trinajstić information content (AvgIpc) is 3.02. The molecule has 3 N–H and O–H groups in total. The van der Waals surface area contributed by atoms with Gasteiger partial charge in [0.15, 0.2) is 0 Å². The van der Waals surface area contributed by atoms with Crippen molar-refractivity contribution in [3.05, 3.63) is 75.2 Å². The number of hydrogen-bond acceptors (Lipinski definition) is 5. The monoisotopic (exact) mass is 441 g/mol. The number of H-pyrrole nitrogens is 2. The van der Waals surface area contributed by atoms with E-state index in [-0.39, 0.29) is 30.4 Å². The fourth-order valence-electron chi connectivity index (χ4n) is 2.62. The molecule has 9 heteroatoms. The van der Waals surface area contributed by atoms with Gasteiger partial charge in [0.1, 0.15) is 0 Å². The maximum absolute atomic E-state index is 12.3. The molecular weight excluding hydrogens is 417 g/mol. The summed E-state index contributed by atoms with van der Waals surface area (Å²) >= 11 is 1.79. The summed E-state index contributed by atoms with van der Waals surface area (Å²) in [5.41, 5.74) is 5.08. The summed E-state index contributed by atoms with van der Waals surface area (Å²) in [6.07, 6.45) is 3.96. The number of benzene rings is 1. The lowest BCUT2D eigenvalue weighted by atomic mass is 10.1. The lowest BCUT2D eigenvalue weighted by Crippen LogP contribution is -2.18. The molecule has 0 atom stereocenters. The Balaban J connectivity index is 0.00000196. The molecule has 0 spiro atoms. The molecule has 3 aromatic rings. The molecule has 152 valence electrons. The van der Waals surface area contributed by atoms with E-state index in [2.05, 4.69) is 31.3 Å². The molecule has 0 amide bonds. The summed E-state index contributed by atoms with van der Waals surface area (Å²) in [6, 6.07) is 8.16. The van der Waals surface area contributed by atoms with Crippen molar-refractivity contribution in [2.75, 3.05) is 17.6 Å². The molecule has 0 radical (unpaired) electrons. The van der Waals surface area contributed by atoms with Gasteiger partial charge in [-0.1, -0.05) is 29.8 Å². The molecule has 0 aliphatic carbocycles. The number of aryl methyl sites for hydroxylation is 2. The molecule has 2 aromatic heterocycles. The number of hydrogen-bond donors (Lipinski definition) is 3. The Bertz CT molecular complexity index is 928. The normalized spacial score (nSPS) is 10.1. The van der Waals surface area contributed by atoms with Crippen LogP contribution < -0.4 is 10.9 Å². The highest BCUT2D eigenvalue weighted by Crippen LogP contribution is 2.12. The number of nitrogens with one attached hydrogen (secondary N) is 3. The van der Waals surface area contributed by atoms with Gasteiger partial charge in [-0.2, -0.15) is 11.8 Å². The van der Waals surface area contributed by atoms with Gasteiger partial charge in [0.05, 0.1) is 12.0 Å². The Kier molecular flexibility index (Phi) is 10.1. The molecule has 0 saturated carbocycles. The zero-order chi connectivity index (χ0) is 18.4. The third-order valence-electron chi connectivity index (χ3n) is 4.06. The fourth-order valence-corrected chi connectivity index (χ4v) is 3.50. The van der Waals surface area contributed by atoms with Crippen molar-refractivity contribution in [2.24, 2.45) is 0 Å². The minimum Gasteiger partial charge on any atom is -0.355 e. The maximum atomic E-state index is 12.3. The molecule has 0 saturated heterocycles. The largest absolute Gasteiger partial charge is 0.355 e. The van der Waals surface area contributed by atoms with Gasteiger partial charge in [-0.15, -0.1) is 24.8 Å². The molecule has 0 unspecified atom stereocenters. The fraction of sp³-hybridized carbons (Fsp3) is 0.316. The first-order chi connectivity index (χ1) is 12.6. The first-order valence-corrected chi connectivity index (χ1v) is 9.71. The molecule has 0 bridgehead atoms. The second kappa shape index (κ2) is 11.8. The van der Waals surface area contributed by atoms with Gasteiger partial charge in [-0.3, -0.25) is 9.78 Å². The van der Waals surface area contributed by atoms with Crippen LogP contribution in [0.25, 0.3) is 0 Å². The minimum atomic E-state index is -0.0937. The Morgan fingerprint density at radius 3 is 2.68 bits per heavy atom. The van der Waals surface area contributed by atoms with Crippen LogP contribution in [0.3, 0.4) is 0 Å². The predicted molar refractivity (Wildman–Crippen MR) is 121 cm³/mol. The Morgan fingerprint density at radius 1 is 1.18 bits per heavy atom. The number of aromatic nitrogens is 4. The van der Waals surface area contributed by atoms with Crippen molar-refractivity contribution in [1.29, 1.82) is 0 Å². The number of imidazole rings is 1. The Morgan fingerprint density at radius 2 is 2.00 bits per heavy atom. The van der Waals surface area contributed by atoms with E-state index in [9.17, 15) is 4.79 Å². The first kappa shape index (κ1) is 24.1. The summed E-state index contributed by atoms with van der Waals surface area (Å²) in [5, 5.41) is 3.16. The van der Waals surface area contributed by atoms with Crippen LogP contribution in [0.1, 0.15) is 28.1 Å². The maximum Gasteiger partial charge on any atom is 0.255 e. The molecule has 3 rings (SSSR count). The third kappa shape index (κ3) is 6.89. The molecule has 2 heterocycles. The Labute approximate surface area is 181 Å². The number of halogens is 2. The van der Waals surface area contributed by atoms with E-state index in [0.29, 0.717) is 17.9 Å². The quantitative estimate of drug-likeness (QED) is 0.461. The van der Waals surface area contributed by atoms with E-state index < -0.39 is 0 Å². The van der Waals surface area contributed by atoms with E-state index in [1.165, 1.54) is 5.56 Å². The molecule has 1 aromatic carbocycles. The van der Waals surface area contributed by atoms with E-state index in [1.54, 1.807) is 24.3 Å². The smallest absolute Gasteiger partial charge is 0.255 e. The molecule has 0 aliphatic heterocycles. The topological polar surface area (TPSA) is 86.5 Å². The first-order valence-electron chi connectivity index (χ1n) is 8.56.